The minimum absolute atomic E-state index is 0.0846. The van der Waals surface area contributed by atoms with Crippen LogP contribution in [-0.2, 0) is 18.9 Å². The van der Waals surface area contributed by atoms with E-state index in [0.29, 0.717) is 33.8 Å². The van der Waals surface area contributed by atoms with Crippen molar-refractivity contribution in [1.82, 2.24) is 29.4 Å². The number of anilines is 1. The van der Waals surface area contributed by atoms with E-state index in [2.05, 4.69) is 25.5 Å². The van der Waals surface area contributed by atoms with Crippen LogP contribution in [-0.4, -0.2) is 48.3 Å². The molecule has 1 aromatic carbocycles. The van der Waals surface area contributed by atoms with E-state index in [1.807, 2.05) is 0 Å². The molecule has 0 aliphatic heterocycles. The van der Waals surface area contributed by atoms with Crippen molar-refractivity contribution >= 4 is 56.3 Å². The van der Waals surface area contributed by atoms with Crippen molar-refractivity contribution in [3.05, 3.63) is 75.3 Å². The number of aromatic nitrogens is 6. The number of rotatable bonds is 7. The number of thiophene rings is 1. The van der Waals surface area contributed by atoms with Crippen molar-refractivity contribution in [2.75, 3.05) is 12.4 Å². The first kappa shape index (κ1) is 33.7. The number of hydrogen-bond donors (Lipinski definition) is 2. The monoisotopic (exact) mass is 722 g/mol. The summed E-state index contributed by atoms with van der Waals surface area (Å²) in [4.78, 5) is 33.6. The lowest BCUT2D eigenvalue weighted by atomic mass is 10.0. The van der Waals surface area contributed by atoms with Crippen molar-refractivity contribution in [3.8, 4) is 28.1 Å². The molecule has 0 radical (unpaired) electrons. The number of halogens is 7. The van der Waals surface area contributed by atoms with Crippen molar-refractivity contribution in [1.29, 1.82) is 0 Å². The summed E-state index contributed by atoms with van der Waals surface area (Å²) < 4.78 is 91.8. The number of alkyl halides is 6. The van der Waals surface area contributed by atoms with Gasteiger partial charge in [-0.15, -0.1) is 11.3 Å². The Morgan fingerprint density at radius 2 is 1.80 bits per heavy atom. The number of carbonyl (C=O) groups is 2. The van der Waals surface area contributed by atoms with Gasteiger partial charge in [-0.2, -0.15) is 36.5 Å². The first-order valence-corrected chi connectivity index (χ1v) is 15.2. The van der Waals surface area contributed by atoms with Gasteiger partial charge < -0.3 is 15.8 Å². The number of aryl methyl sites for hydroxylation is 1. The Balaban J connectivity index is 1.55. The van der Waals surface area contributed by atoms with Crippen molar-refractivity contribution in [2.24, 2.45) is 5.73 Å². The van der Waals surface area contributed by atoms with Gasteiger partial charge in [0.25, 0.3) is 11.8 Å². The third-order valence-corrected chi connectivity index (χ3v) is 8.96. The highest BCUT2D eigenvalue weighted by Gasteiger charge is 2.38. The zero-order chi connectivity index (χ0) is 35.6. The van der Waals surface area contributed by atoms with Gasteiger partial charge >= 0.3 is 12.4 Å². The molecule has 19 heteroatoms. The van der Waals surface area contributed by atoms with Crippen LogP contribution in [0.25, 0.3) is 38.2 Å². The molecule has 0 aliphatic carbocycles. The maximum atomic E-state index is 14.3. The molecule has 0 fully saturated rings. The summed E-state index contributed by atoms with van der Waals surface area (Å²) >= 11 is 6.94. The molecule has 254 valence electrons. The molecule has 6 aromatic rings. The van der Waals surface area contributed by atoms with Gasteiger partial charge in [-0.05, 0) is 43.7 Å². The fourth-order valence-electron chi connectivity index (χ4n) is 5.22. The normalized spacial score (nSPS) is 12.2. The number of ether oxygens (including phenoxy) is 1. The topological polar surface area (TPSA) is 142 Å². The number of primary amides is 1. The maximum Gasteiger partial charge on any atom is 0.433 e. The predicted octanol–water partition coefficient (Wildman–Crippen LogP) is 7.25. The average Bonchev–Trinajstić information content (AvgIpc) is 3.72. The fourth-order valence-corrected chi connectivity index (χ4v) is 6.47. The molecule has 5 heterocycles. The first-order chi connectivity index (χ1) is 23.0. The molecule has 0 unspecified atom stereocenters. The third-order valence-electron chi connectivity index (χ3n) is 7.51. The summed E-state index contributed by atoms with van der Waals surface area (Å²) in [5, 5.41) is 9.74. The van der Waals surface area contributed by atoms with Crippen molar-refractivity contribution in [2.45, 2.75) is 32.7 Å². The molecule has 0 atom stereocenters. The minimum atomic E-state index is -4.99. The summed E-state index contributed by atoms with van der Waals surface area (Å²) in [7, 11) is 1.38. The molecule has 0 aliphatic rings. The summed E-state index contributed by atoms with van der Waals surface area (Å²) in [6, 6.07) is 7.54. The molecule has 0 bridgehead atoms. The predicted molar refractivity (Wildman–Crippen MR) is 168 cm³/mol. The van der Waals surface area contributed by atoms with E-state index in [-0.39, 0.29) is 43.2 Å². The molecule has 5 aromatic heterocycles. The van der Waals surface area contributed by atoms with Gasteiger partial charge in [-0.1, -0.05) is 23.7 Å². The molecule has 0 spiro atoms. The van der Waals surface area contributed by atoms with E-state index in [9.17, 15) is 35.9 Å². The molecule has 49 heavy (non-hydrogen) atoms. The van der Waals surface area contributed by atoms with E-state index >= 15 is 0 Å². The second-order valence-corrected chi connectivity index (χ2v) is 11.8. The zero-order valence-electron chi connectivity index (χ0n) is 25.3. The Morgan fingerprint density at radius 1 is 1.06 bits per heavy atom. The molecule has 2 amide bonds. The molecular weight excluding hydrogens is 702 g/mol. The zero-order valence-corrected chi connectivity index (χ0v) is 26.9. The molecule has 0 saturated heterocycles. The molecule has 3 N–H and O–H groups in total. The van der Waals surface area contributed by atoms with Crippen LogP contribution in [0.15, 0.2) is 42.6 Å². The number of hydrogen-bond acceptors (Lipinski definition) is 8. The van der Waals surface area contributed by atoms with Crippen LogP contribution < -0.4 is 15.8 Å². The highest BCUT2D eigenvalue weighted by Crippen LogP contribution is 2.45. The van der Waals surface area contributed by atoms with Crippen LogP contribution in [0.4, 0.5) is 32.0 Å². The number of benzene rings is 1. The smallest absolute Gasteiger partial charge is 0.433 e. The van der Waals surface area contributed by atoms with Gasteiger partial charge in [-0.3, -0.25) is 14.3 Å². The number of fused-ring (bicyclic) bond motifs is 2. The lowest BCUT2D eigenvalue weighted by Gasteiger charge is -2.12. The summed E-state index contributed by atoms with van der Waals surface area (Å²) in [5.41, 5.74) is 2.08. The maximum absolute atomic E-state index is 14.3. The van der Waals surface area contributed by atoms with E-state index in [1.54, 1.807) is 26.0 Å². The van der Waals surface area contributed by atoms with Crippen LogP contribution in [0.3, 0.4) is 0 Å². The SMILES string of the molecule is CCn1ncc(-c2cc(C(F)(F)F)nc3sc(C(N)=O)c(NC(=O)c4nn5c(C(F)(F)F)cc(-c6cccc(OC)c6)nc5c4Cl)c23)c1C. The van der Waals surface area contributed by atoms with E-state index < -0.39 is 51.9 Å². The lowest BCUT2D eigenvalue weighted by molar-refractivity contribution is -0.143. The van der Waals surface area contributed by atoms with Crippen LogP contribution >= 0.6 is 22.9 Å². The van der Waals surface area contributed by atoms with Crippen LogP contribution in [0, 0.1) is 6.92 Å². The molecule has 6 rings (SSSR count). The Hall–Kier alpha value is -5.23. The summed E-state index contributed by atoms with van der Waals surface area (Å²) in [6.07, 6.45) is -8.56. The van der Waals surface area contributed by atoms with Gasteiger partial charge in [-0.25, -0.2) is 14.5 Å². The number of amides is 2. The summed E-state index contributed by atoms with van der Waals surface area (Å²) in [5.74, 6) is -1.99. The molecule has 11 nitrogen and oxygen atoms in total. The minimum Gasteiger partial charge on any atom is -0.497 e. The van der Waals surface area contributed by atoms with Gasteiger partial charge in [0, 0.05) is 28.8 Å². The Labute approximate surface area is 280 Å². The number of nitrogens with zero attached hydrogens (tertiary/aromatic N) is 6. The summed E-state index contributed by atoms with van der Waals surface area (Å²) in [6.45, 7) is 3.77. The van der Waals surface area contributed by atoms with Gasteiger partial charge in [0.05, 0.1) is 24.7 Å². The molecular formula is C30H21ClF6N8O3S. The highest BCUT2D eigenvalue weighted by atomic mass is 35.5. The van der Waals surface area contributed by atoms with E-state index in [4.69, 9.17) is 22.1 Å². The van der Waals surface area contributed by atoms with Gasteiger partial charge in [0.15, 0.2) is 17.0 Å². The Kier molecular flexibility index (Phi) is 8.26. The van der Waals surface area contributed by atoms with Crippen LogP contribution in [0.2, 0.25) is 5.02 Å². The molecule has 0 saturated carbocycles. The van der Waals surface area contributed by atoms with Gasteiger partial charge in [0.2, 0.25) is 0 Å². The standard InChI is InChI=1S/C30H21ClF6N8O3S/c1-4-44-12(2)16(11-39-44)15-9-18(29(32,33)34)41-28-20(15)22(24(49-28)25(38)46)42-27(47)23-21(31)26-40-17(13-6-5-7-14(8-13)48-3)10-19(30(35,36)37)45(26)43-23/h5-11H,4H2,1-3H3,(H2,38,46)(H,42,47). The second-order valence-electron chi connectivity index (χ2n) is 10.5. The largest absolute Gasteiger partial charge is 0.497 e. The first-order valence-electron chi connectivity index (χ1n) is 14.0. The van der Waals surface area contributed by atoms with Crippen molar-refractivity contribution in [3.63, 3.8) is 0 Å². The van der Waals surface area contributed by atoms with Crippen molar-refractivity contribution < 1.29 is 40.7 Å². The van der Waals surface area contributed by atoms with Crippen LogP contribution in [0.5, 0.6) is 5.75 Å². The number of methoxy groups -OCH3 is 1. The van der Waals surface area contributed by atoms with E-state index in [0.717, 1.165) is 12.1 Å². The number of pyridine rings is 1. The van der Waals surface area contributed by atoms with E-state index in [1.165, 1.54) is 30.1 Å². The number of carbonyl (C=O) groups excluding carboxylic acids is 2. The lowest BCUT2D eigenvalue weighted by Crippen LogP contribution is -2.18. The third kappa shape index (κ3) is 5.90. The average molecular weight is 723 g/mol. The Morgan fingerprint density at radius 3 is 2.41 bits per heavy atom. The fraction of sp³-hybridized carbons (Fsp3) is 0.200. The Bertz CT molecular complexity index is 2310. The van der Waals surface area contributed by atoms with Crippen LogP contribution in [0.1, 0.15) is 44.2 Å². The highest BCUT2D eigenvalue weighted by molar-refractivity contribution is 7.21. The number of nitrogens with one attached hydrogen (secondary N) is 1. The second kappa shape index (κ2) is 12.0. The quantitative estimate of drug-likeness (QED) is 0.165. The van der Waals surface area contributed by atoms with Gasteiger partial charge in [0.1, 0.15) is 26.2 Å². The number of nitrogens with two attached hydrogens (primary N) is 1.